The molecule has 1 aromatic heterocycles. The van der Waals surface area contributed by atoms with E-state index in [9.17, 15) is 0 Å². The van der Waals surface area contributed by atoms with Gasteiger partial charge < -0.3 is 15.0 Å². The molecule has 0 spiro atoms. The highest BCUT2D eigenvalue weighted by atomic mass is 16.5. The zero-order valence-electron chi connectivity index (χ0n) is 13.8. The number of benzene rings is 2. The van der Waals surface area contributed by atoms with Crippen molar-refractivity contribution in [2.75, 3.05) is 6.54 Å². The molecule has 0 aliphatic heterocycles. The van der Waals surface area contributed by atoms with Crippen molar-refractivity contribution in [1.82, 2.24) is 10.3 Å². The van der Waals surface area contributed by atoms with Crippen LogP contribution < -0.4 is 10.1 Å². The number of fused-ring (bicyclic) bond motifs is 1. The first-order chi connectivity index (χ1) is 11.2. The lowest BCUT2D eigenvalue weighted by atomic mass is 10.1. The predicted octanol–water partition coefficient (Wildman–Crippen LogP) is 4.29. The van der Waals surface area contributed by atoms with Crippen molar-refractivity contribution in [3.05, 3.63) is 65.9 Å². The van der Waals surface area contributed by atoms with E-state index in [4.69, 9.17) is 4.74 Å². The molecule has 3 heteroatoms. The Labute approximate surface area is 137 Å². The monoisotopic (exact) mass is 308 g/mol. The van der Waals surface area contributed by atoms with Crippen LogP contribution in [0.1, 0.15) is 25.0 Å². The van der Waals surface area contributed by atoms with Crippen molar-refractivity contribution >= 4 is 10.9 Å². The van der Waals surface area contributed by atoms with Gasteiger partial charge in [-0.25, -0.2) is 0 Å². The zero-order chi connectivity index (χ0) is 16.1. The van der Waals surface area contributed by atoms with Gasteiger partial charge in [0.1, 0.15) is 5.75 Å². The van der Waals surface area contributed by atoms with Crippen LogP contribution >= 0.6 is 0 Å². The third-order valence-corrected chi connectivity index (χ3v) is 3.85. The molecule has 2 N–H and O–H groups in total. The smallest absolute Gasteiger partial charge is 0.120 e. The van der Waals surface area contributed by atoms with Gasteiger partial charge in [0, 0.05) is 23.6 Å². The predicted molar refractivity (Wildman–Crippen MR) is 95.9 cm³/mol. The summed E-state index contributed by atoms with van der Waals surface area (Å²) in [5.74, 6) is 0.941. The number of rotatable bonds is 7. The molecule has 1 heterocycles. The summed E-state index contributed by atoms with van der Waals surface area (Å²) in [5.41, 5.74) is 3.83. The van der Waals surface area contributed by atoms with Gasteiger partial charge in [-0.3, -0.25) is 0 Å². The maximum Gasteiger partial charge on any atom is 0.120 e. The van der Waals surface area contributed by atoms with E-state index in [1.807, 2.05) is 26.0 Å². The molecule has 0 saturated carbocycles. The van der Waals surface area contributed by atoms with Gasteiger partial charge in [0.05, 0.1) is 6.10 Å². The summed E-state index contributed by atoms with van der Waals surface area (Å²) >= 11 is 0. The van der Waals surface area contributed by atoms with E-state index in [1.54, 1.807) is 0 Å². The largest absolute Gasteiger partial charge is 0.491 e. The molecule has 23 heavy (non-hydrogen) atoms. The molecule has 0 aliphatic carbocycles. The number of aromatic nitrogens is 1. The molecular weight excluding hydrogens is 284 g/mol. The summed E-state index contributed by atoms with van der Waals surface area (Å²) in [6.45, 7) is 5.91. The molecule has 0 fully saturated rings. The average Bonchev–Trinajstić information content (AvgIpc) is 2.95. The molecule has 0 unspecified atom stereocenters. The lowest BCUT2D eigenvalue weighted by molar-refractivity contribution is 0.242. The minimum atomic E-state index is 0.208. The van der Waals surface area contributed by atoms with Crippen LogP contribution in [0.2, 0.25) is 0 Å². The highest BCUT2D eigenvalue weighted by Crippen LogP contribution is 2.18. The maximum absolute atomic E-state index is 5.74. The highest BCUT2D eigenvalue weighted by molar-refractivity contribution is 5.83. The first kappa shape index (κ1) is 15.6. The molecule has 3 rings (SSSR count). The van der Waals surface area contributed by atoms with Gasteiger partial charge in [-0.2, -0.15) is 0 Å². The average molecular weight is 308 g/mol. The van der Waals surface area contributed by atoms with Crippen LogP contribution in [0.3, 0.4) is 0 Å². The zero-order valence-corrected chi connectivity index (χ0v) is 13.8. The molecule has 120 valence electrons. The summed E-state index contributed by atoms with van der Waals surface area (Å²) in [4.78, 5) is 3.33. The Hall–Kier alpha value is -2.26. The minimum absolute atomic E-state index is 0.208. The molecule has 3 aromatic rings. The van der Waals surface area contributed by atoms with Crippen LogP contribution in [0, 0.1) is 0 Å². The number of nitrogens with one attached hydrogen (secondary N) is 2. The number of para-hydroxylation sites is 1. The lowest BCUT2D eigenvalue weighted by Crippen LogP contribution is -2.16. The Bertz CT molecular complexity index is 761. The van der Waals surface area contributed by atoms with Crippen molar-refractivity contribution in [2.24, 2.45) is 0 Å². The fraction of sp³-hybridized carbons (Fsp3) is 0.300. The second-order valence-electron chi connectivity index (χ2n) is 6.10. The molecule has 0 radical (unpaired) electrons. The number of aromatic amines is 1. The van der Waals surface area contributed by atoms with Crippen molar-refractivity contribution in [3.8, 4) is 5.75 Å². The molecule has 2 aromatic carbocycles. The second kappa shape index (κ2) is 7.34. The van der Waals surface area contributed by atoms with Crippen molar-refractivity contribution in [2.45, 2.75) is 32.9 Å². The van der Waals surface area contributed by atoms with E-state index >= 15 is 0 Å². The van der Waals surface area contributed by atoms with Crippen LogP contribution in [0.5, 0.6) is 5.75 Å². The Morgan fingerprint density at radius 3 is 2.83 bits per heavy atom. The van der Waals surface area contributed by atoms with E-state index in [-0.39, 0.29) is 6.10 Å². The summed E-state index contributed by atoms with van der Waals surface area (Å²) in [7, 11) is 0. The standard InChI is InChI=1S/C20H24N2O/c1-15(2)23-18-7-5-6-16(12-18)13-21-11-10-17-14-22-20-9-4-3-8-19(17)20/h3-9,12,14-15,21-22H,10-11,13H2,1-2H3. The summed E-state index contributed by atoms with van der Waals surface area (Å²) in [6, 6.07) is 16.7. The molecule has 3 nitrogen and oxygen atoms in total. The third kappa shape index (κ3) is 4.14. The van der Waals surface area contributed by atoms with Crippen LogP contribution in [0.25, 0.3) is 10.9 Å². The van der Waals surface area contributed by atoms with Crippen molar-refractivity contribution in [1.29, 1.82) is 0 Å². The fourth-order valence-corrected chi connectivity index (χ4v) is 2.80. The van der Waals surface area contributed by atoms with Crippen molar-refractivity contribution in [3.63, 3.8) is 0 Å². The Morgan fingerprint density at radius 2 is 1.96 bits per heavy atom. The van der Waals surface area contributed by atoms with E-state index in [2.05, 4.69) is 52.9 Å². The van der Waals surface area contributed by atoms with Gasteiger partial charge in [0.2, 0.25) is 0 Å². The molecule has 0 bridgehead atoms. The number of H-pyrrole nitrogens is 1. The fourth-order valence-electron chi connectivity index (χ4n) is 2.80. The summed E-state index contributed by atoms with van der Waals surface area (Å²) in [5, 5.41) is 4.84. The van der Waals surface area contributed by atoms with Gasteiger partial charge in [-0.1, -0.05) is 30.3 Å². The van der Waals surface area contributed by atoms with E-state index in [0.29, 0.717) is 0 Å². The molecule has 0 saturated heterocycles. The third-order valence-electron chi connectivity index (χ3n) is 3.85. The normalized spacial score (nSPS) is 11.3. The summed E-state index contributed by atoms with van der Waals surface area (Å²) < 4.78 is 5.74. The lowest BCUT2D eigenvalue weighted by Gasteiger charge is -2.11. The summed E-state index contributed by atoms with van der Waals surface area (Å²) in [6.07, 6.45) is 3.34. The van der Waals surface area contributed by atoms with Gasteiger partial charge in [0.25, 0.3) is 0 Å². The van der Waals surface area contributed by atoms with Crippen LogP contribution in [0.15, 0.2) is 54.7 Å². The van der Waals surface area contributed by atoms with Crippen LogP contribution in [0.4, 0.5) is 0 Å². The minimum Gasteiger partial charge on any atom is -0.491 e. The van der Waals surface area contributed by atoms with Gasteiger partial charge >= 0.3 is 0 Å². The second-order valence-corrected chi connectivity index (χ2v) is 6.10. The Balaban J connectivity index is 1.52. The van der Waals surface area contributed by atoms with E-state index in [0.717, 1.165) is 25.3 Å². The molecule has 0 atom stereocenters. The Morgan fingerprint density at radius 1 is 1.09 bits per heavy atom. The van der Waals surface area contributed by atoms with Gasteiger partial charge in [-0.05, 0) is 56.1 Å². The van der Waals surface area contributed by atoms with E-state index < -0.39 is 0 Å². The topological polar surface area (TPSA) is 37.0 Å². The molecular formula is C20H24N2O. The van der Waals surface area contributed by atoms with Gasteiger partial charge in [-0.15, -0.1) is 0 Å². The SMILES string of the molecule is CC(C)Oc1cccc(CNCCc2c[nH]c3ccccc23)c1. The first-order valence-corrected chi connectivity index (χ1v) is 8.23. The van der Waals surface area contributed by atoms with Crippen LogP contribution in [-0.2, 0) is 13.0 Å². The number of hydrogen-bond donors (Lipinski definition) is 2. The van der Waals surface area contributed by atoms with Crippen molar-refractivity contribution < 1.29 is 4.74 Å². The molecule has 0 amide bonds. The first-order valence-electron chi connectivity index (χ1n) is 8.23. The highest BCUT2D eigenvalue weighted by Gasteiger charge is 2.03. The Kier molecular flexibility index (Phi) is 4.99. The number of ether oxygens (including phenoxy) is 1. The van der Waals surface area contributed by atoms with Crippen LogP contribution in [-0.4, -0.2) is 17.6 Å². The number of hydrogen-bond acceptors (Lipinski definition) is 2. The molecule has 0 aliphatic rings. The quantitative estimate of drug-likeness (QED) is 0.639. The van der Waals surface area contributed by atoms with Gasteiger partial charge in [0.15, 0.2) is 0 Å². The van der Waals surface area contributed by atoms with E-state index in [1.165, 1.54) is 22.0 Å². The maximum atomic E-state index is 5.74.